The molecular weight excluding hydrogens is 423 g/mol. The summed E-state index contributed by atoms with van der Waals surface area (Å²) in [5, 5.41) is 11.9. The van der Waals surface area contributed by atoms with Crippen LogP contribution in [-0.2, 0) is 18.0 Å². The molecule has 1 N–H and O–H groups in total. The number of nitriles is 1. The predicted molar refractivity (Wildman–Crippen MR) is 110 cm³/mol. The van der Waals surface area contributed by atoms with Gasteiger partial charge in [-0.2, -0.15) is 18.4 Å². The van der Waals surface area contributed by atoms with Crippen molar-refractivity contribution in [2.24, 2.45) is 7.05 Å². The van der Waals surface area contributed by atoms with E-state index in [-0.39, 0.29) is 43.2 Å². The summed E-state index contributed by atoms with van der Waals surface area (Å²) < 4.78 is 41.9. The number of amides is 2. The maximum absolute atomic E-state index is 13.4. The Morgan fingerprint density at radius 3 is 2.53 bits per heavy atom. The molecule has 0 radical (unpaired) electrons. The number of rotatable bonds is 4. The van der Waals surface area contributed by atoms with E-state index in [1.165, 1.54) is 11.0 Å². The lowest BCUT2D eigenvalue weighted by atomic mass is 10.0. The number of hydrogen-bond acceptors (Lipinski definition) is 4. The summed E-state index contributed by atoms with van der Waals surface area (Å²) >= 11 is 0. The van der Waals surface area contributed by atoms with Crippen molar-refractivity contribution in [2.75, 3.05) is 24.5 Å². The SMILES string of the molecule is Cn1cccc1C(=O)N1CCN(c2ccc(C#N)c(C(F)(F)F)c2)CC1C(=O)NC1CC1. The fourth-order valence-electron chi connectivity index (χ4n) is 3.90. The van der Waals surface area contributed by atoms with E-state index in [1.54, 1.807) is 40.9 Å². The molecule has 10 heteroatoms. The van der Waals surface area contributed by atoms with Crippen LogP contribution in [0.1, 0.15) is 34.5 Å². The first-order valence-electron chi connectivity index (χ1n) is 10.3. The fraction of sp³-hybridized carbons (Fsp3) is 0.409. The molecule has 2 aliphatic rings. The zero-order chi connectivity index (χ0) is 23.0. The van der Waals surface area contributed by atoms with Crippen LogP contribution in [-0.4, -0.2) is 53.0 Å². The smallest absolute Gasteiger partial charge is 0.367 e. The standard InChI is InChI=1S/C22H22F3N5O2/c1-28-8-2-3-18(28)21(32)30-10-9-29(13-19(30)20(31)27-15-5-6-15)16-7-4-14(12-26)17(11-16)22(23,24)25/h2-4,7-8,11,15,19H,5-6,9-10,13H2,1H3,(H,27,31). The Kier molecular flexibility index (Phi) is 5.59. The van der Waals surface area contributed by atoms with Gasteiger partial charge in [-0.15, -0.1) is 0 Å². The van der Waals surface area contributed by atoms with Crippen LogP contribution < -0.4 is 10.2 Å². The van der Waals surface area contributed by atoms with E-state index in [4.69, 9.17) is 5.26 Å². The lowest BCUT2D eigenvalue weighted by Crippen LogP contribution is -2.61. The summed E-state index contributed by atoms with van der Waals surface area (Å²) in [6.07, 6.45) is -1.19. The number of aryl methyl sites for hydroxylation is 1. The fourth-order valence-corrected chi connectivity index (χ4v) is 3.90. The molecule has 0 bridgehead atoms. The van der Waals surface area contributed by atoms with Crippen LogP contribution in [0.3, 0.4) is 0 Å². The van der Waals surface area contributed by atoms with E-state index in [1.807, 2.05) is 0 Å². The molecule has 1 aromatic heterocycles. The highest BCUT2D eigenvalue weighted by Gasteiger charge is 2.39. The molecule has 4 rings (SSSR count). The van der Waals surface area contributed by atoms with Crippen molar-refractivity contribution in [2.45, 2.75) is 31.1 Å². The van der Waals surface area contributed by atoms with Crippen molar-refractivity contribution in [3.8, 4) is 6.07 Å². The monoisotopic (exact) mass is 445 g/mol. The predicted octanol–water partition coefficient (Wildman–Crippen LogP) is 2.53. The quantitative estimate of drug-likeness (QED) is 0.784. The van der Waals surface area contributed by atoms with Gasteiger partial charge < -0.3 is 19.7 Å². The normalized spacial score (nSPS) is 18.9. The Hall–Kier alpha value is -3.48. The molecule has 2 amide bonds. The second kappa shape index (κ2) is 8.22. The van der Waals surface area contributed by atoms with Gasteiger partial charge in [0, 0.05) is 44.6 Å². The van der Waals surface area contributed by atoms with Gasteiger partial charge in [-0.1, -0.05) is 0 Å². The number of alkyl halides is 3. The molecule has 1 aliphatic carbocycles. The van der Waals surface area contributed by atoms with E-state index < -0.39 is 23.3 Å². The molecule has 7 nitrogen and oxygen atoms in total. The number of nitrogens with one attached hydrogen (secondary N) is 1. The largest absolute Gasteiger partial charge is 0.417 e. The van der Waals surface area contributed by atoms with Crippen LogP contribution in [0.25, 0.3) is 0 Å². The average Bonchev–Trinajstić information content (AvgIpc) is 3.48. The first kappa shape index (κ1) is 21.7. The van der Waals surface area contributed by atoms with E-state index in [0.717, 1.165) is 25.0 Å². The van der Waals surface area contributed by atoms with Crippen molar-refractivity contribution >= 4 is 17.5 Å². The third-order valence-electron chi connectivity index (χ3n) is 5.82. The van der Waals surface area contributed by atoms with Crippen LogP contribution >= 0.6 is 0 Å². The molecular formula is C22H22F3N5O2. The number of piperazine rings is 1. The average molecular weight is 445 g/mol. The van der Waals surface area contributed by atoms with Gasteiger partial charge >= 0.3 is 6.18 Å². The first-order chi connectivity index (χ1) is 15.2. The van der Waals surface area contributed by atoms with Gasteiger partial charge in [-0.3, -0.25) is 9.59 Å². The molecule has 1 unspecified atom stereocenters. The zero-order valence-electron chi connectivity index (χ0n) is 17.4. The van der Waals surface area contributed by atoms with Crippen molar-refractivity contribution in [1.29, 1.82) is 5.26 Å². The number of anilines is 1. The molecule has 32 heavy (non-hydrogen) atoms. The van der Waals surface area contributed by atoms with Gasteiger partial charge in [-0.25, -0.2) is 0 Å². The molecule has 168 valence electrons. The van der Waals surface area contributed by atoms with Gasteiger partial charge in [0.05, 0.1) is 17.2 Å². The number of carbonyl (C=O) groups excluding carboxylic acids is 2. The van der Waals surface area contributed by atoms with Crippen LogP contribution in [0.4, 0.5) is 18.9 Å². The first-order valence-corrected chi connectivity index (χ1v) is 10.3. The Morgan fingerprint density at radius 2 is 1.94 bits per heavy atom. The van der Waals surface area contributed by atoms with Crippen LogP contribution in [0.5, 0.6) is 0 Å². The highest BCUT2D eigenvalue weighted by molar-refractivity contribution is 5.97. The second-order valence-corrected chi connectivity index (χ2v) is 8.09. The van der Waals surface area contributed by atoms with Crippen LogP contribution in [0.15, 0.2) is 36.5 Å². The van der Waals surface area contributed by atoms with Crippen LogP contribution in [0.2, 0.25) is 0 Å². The number of hydrogen-bond donors (Lipinski definition) is 1. The minimum Gasteiger partial charge on any atom is -0.367 e. The maximum Gasteiger partial charge on any atom is 0.417 e. The molecule has 1 saturated carbocycles. The Morgan fingerprint density at radius 1 is 1.19 bits per heavy atom. The number of nitrogens with zero attached hydrogens (tertiary/aromatic N) is 4. The Labute approximate surface area is 183 Å². The van der Waals surface area contributed by atoms with Crippen molar-refractivity contribution in [3.05, 3.63) is 53.3 Å². The molecule has 2 fully saturated rings. The molecule has 1 saturated heterocycles. The van der Waals surface area contributed by atoms with Gasteiger partial charge in [0.15, 0.2) is 0 Å². The third kappa shape index (κ3) is 4.28. The lowest BCUT2D eigenvalue weighted by molar-refractivity contribution is -0.137. The lowest BCUT2D eigenvalue weighted by Gasteiger charge is -2.41. The summed E-state index contributed by atoms with van der Waals surface area (Å²) in [7, 11) is 1.73. The number of halogens is 3. The minimum absolute atomic E-state index is 0.0535. The third-order valence-corrected chi connectivity index (χ3v) is 5.82. The van der Waals surface area contributed by atoms with Crippen LogP contribution in [0, 0.1) is 11.3 Å². The highest BCUT2D eigenvalue weighted by Crippen LogP contribution is 2.35. The summed E-state index contributed by atoms with van der Waals surface area (Å²) in [6.45, 7) is 0.485. The molecule has 1 atom stereocenters. The topological polar surface area (TPSA) is 81.4 Å². The summed E-state index contributed by atoms with van der Waals surface area (Å²) in [5.74, 6) is -0.617. The van der Waals surface area contributed by atoms with E-state index >= 15 is 0 Å². The van der Waals surface area contributed by atoms with Gasteiger partial charge in [0.1, 0.15) is 11.7 Å². The van der Waals surface area contributed by atoms with E-state index in [0.29, 0.717) is 5.69 Å². The minimum atomic E-state index is -4.67. The molecule has 1 aliphatic heterocycles. The number of benzene rings is 1. The van der Waals surface area contributed by atoms with E-state index in [9.17, 15) is 22.8 Å². The van der Waals surface area contributed by atoms with Crippen molar-refractivity contribution in [3.63, 3.8) is 0 Å². The molecule has 2 heterocycles. The van der Waals surface area contributed by atoms with Gasteiger partial charge in [0.2, 0.25) is 5.91 Å². The summed E-state index contributed by atoms with van der Waals surface area (Å²) in [5.41, 5.74) is -0.785. The van der Waals surface area contributed by atoms with Gasteiger partial charge in [0.25, 0.3) is 5.91 Å². The number of carbonyl (C=O) groups is 2. The van der Waals surface area contributed by atoms with Crippen molar-refractivity contribution in [1.82, 2.24) is 14.8 Å². The second-order valence-electron chi connectivity index (χ2n) is 8.09. The Balaban J connectivity index is 1.62. The summed E-state index contributed by atoms with van der Waals surface area (Å²) in [4.78, 5) is 29.2. The van der Waals surface area contributed by atoms with Gasteiger partial charge in [-0.05, 0) is 43.2 Å². The maximum atomic E-state index is 13.4. The Bertz CT molecular complexity index is 1080. The molecule has 1 aromatic carbocycles. The zero-order valence-corrected chi connectivity index (χ0v) is 17.4. The molecule has 0 spiro atoms. The van der Waals surface area contributed by atoms with Crippen molar-refractivity contribution < 1.29 is 22.8 Å². The molecule has 2 aromatic rings. The summed E-state index contributed by atoms with van der Waals surface area (Å²) in [6, 6.07) is 7.72. The van der Waals surface area contributed by atoms with E-state index in [2.05, 4.69) is 5.32 Å². The highest BCUT2D eigenvalue weighted by atomic mass is 19.4. The number of aromatic nitrogens is 1.